The van der Waals surface area contributed by atoms with Gasteiger partial charge in [0.25, 0.3) is 0 Å². The van der Waals surface area contributed by atoms with Gasteiger partial charge in [0.05, 0.1) is 7.11 Å². The number of allylic oxidation sites excluding steroid dienone is 1. The molecule has 2 nitrogen and oxygen atoms in total. The number of rotatable bonds is 2. The van der Waals surface area contributed by atoms with Gasteiger partial charge in [0, 0.05) is 6.08 Å². The van der Waals surface area contributed by atoms with E-state index in [0.717, 1.165) is 11.1 Å². The Morgan fingerprint density at radius 1 is 1.43 bits per heavy atom. The molecular weight excluding hydrogens is 176 g/mol. The zero-order valence-electron chi connectivity index (χ0n) is 8.70. The Kier molecular flexibility index (Phi) is 3.46. The summed E-state index contributed by atoms with van der Waals surface area (Å²) in [6.07, 6.45) is 1.49. The number of hydrogen-bond donors (Lipinski definition) is 0. The van der Waals surface area contributed by atoms with E-state index in [0.29, 0.717) is 0 Å². The lowest BCUT2D eigenvalue weighted by Gasteiger charge is -2.02. The number of methoxy groups -OCH3 is 1. The fraction of sp³-hybridized carbons (Fsp3) is 0.250. The number of hydrogen-bond acceptors (Lipinski definition) is 2. The highest BCUT2D eigenvalue weighted by Gasteiger charge is 1.99. The fourth-order valence-electron chi connectivity index (χ4n) is 1.21. The zero-order chi connectivity index (χ0) is 10.6. The van der Waals surface area contributed by atoms with E-state index in [-0.39, 0.29) is 5.97 Å². The molecule has 0 spiro atoms. The molecule has 2 heteroatoms. The van der Waals surface area contributed by atoms with Crippen molar-refractivity contribution in [1.29, 1.82) is 0 Å². The van der Waals surface area contributed by atoms with Crippen LogP contribution in [0.2, 0.25) is 0 Å². The van der Waals surface area contributed by atoms with Crippen LogP contribution < -0.4 is 0 Å². The van der Waals surface area contributed by atoms with Crippen molar-refractivity contribution in [1.82, 2.24) is 0 Å². The first-order chi connectivity index (χ1) is 6.63. The lowest BCUT2D eigenvalue weighted by atomic mass is 10.1. The van der Waals surface area contributed by atoms with Crippen molar-refractivity contribution in [3.63, 3.8) is 0 Å². The van der Waals surface area contributed by atoms with Gasteiger partial charge in [0.2, 0.25) is 0 Å². The second kappa shape index (κ2) is 4.61. The van der Waals surface area contributed by atoms with Gasteiger partial charge in [-0.15, -0.1) is 0 Å². The first-order valence-corrected chi connectivity index (χ1v) is 4.47. The molecule has 0 aliphatic carbocycles. The van der Waals surface area contributed by atoms with Crippen LogP contribution in [-0.2, 0) is 9.53 Å². The van der Waals surface area contributed by atoms with Crippen molar-refractivity contribution in [2.75, 3.05) is 7.11 Å². The van der Waals surface area contributed by atoms with Crippen molar-refractivity contribution in [3.8, 4) is 0 Å². The second-order valence-electron chi connectivity index (χ2n) is 3.22. The van der Waals surface area contributed by atoms with E-state index < -0.39 is 0 Å². The van der Waals surface area contributed by atoms with E-state index in [9.17, 15) is 4.79 Å². The van der Waals surface area contributed by atoms with Crippen molar-refractivity contribution < 1.29 is 9.53 Å². The van der Waals surface area contributed by atoms with Crippen LogP contribution >= 0.6 is 0 Å². The van der Waals surface area contributed by atoms with Gasteiger partial charge in [-0.05, 0) is 25.0 Å². The van der Waals surface area contributed by atoms with Gasteiger partial charge in [-0.1, -0.05) is 29.8 Å². The van der Waals surface area contributed by atoms with Crippen LogP contribution in [0.4, 0.5) is 0 Å². The third-order valence-electron chi connectivity index (χ3n) is 2.01. The van der Waals surface area contributed by atoms with E-state index in [2.05, 4.69) is 4.74 Å². The van der Waals surface area contributed by atoms with Crippen LogP contribution in [-0.4, -0.2) is 13.1 Å². The Labute approximate surface area is 84.2 Å². The minimum absolute atomic E-state index is 0.316. The fourth-order valence-corrected chi connectivity index (χ4v) is 1.21. The van der Waals surface area contributed by atoms with Crippen LogP contribution in [0.25, 0.3) is 5.57 Å². The van der Waals surface area contributed by atoms with Crippen molar-refractivity contribution in [3.05, 3.63) is 41.5 Å². The average Bonchev–Trinajstić information content (AvgIpc) is 2.17. The van der Waals surface area contributed by atoms with Crippen molar-refractivity contribution >= 4 is 11.5 Å². The van der Waals surface area contributed by atoms with Crippen LogP contribution in [0.3, 0.4) is 0 Å². The normalized spacial score (nSPS) is 11.2. The molecule has 0 saturated carbocycles. The molecule has 1 rings (SSSR count). The van der Waals surface area contributed by atoms with Crippen LogP contribution in [0, 0.1) is 6.92 Å². The highest BCUT2D eigenvalue weighted by atomic mass is 16.5. The monoisotopic (exact) mass is 190 g/mol. The summed E-state index contributed by atoms with van der Waals surface area (Å²) in [5.41, 5.74) is 3.15. The molecule has 0 saturated heterocycles. The first kappa shape index (κ1) is 10.5. The maximum Gasteiger partial charge on any atom is 0.330 e. The van der Waals surface area contributed by atoms with Crippen molar-refractivity contribution in [2.45, 2.75) is 13.8 Å². The lowest BCUT2D eigenvalue weighted by molar-refractivity contribution is -0.134. The number of benzene rings is 1. The number of carbonyl (C=O) groups is 1. The van der Waals surface area contributed by atoms with Gasteiger partial charge < -0.3 is 4.74 Å². The van der Waals surface area contributed by atoms with E-state index in [1.165, 1.54) is 18.7 Å². The standard InChI is InChI=1S/C12H14O2/c1-9-5-4-6-11(7-9)10(2)8-12(13)14-3/h4-8H,1-3H3/b10-8-. The Morgan fingerprint density at radius 2 is 2.14 bits per heavy atom. The molecule has 1 aromatic rings. The number of carbonyl (C=O) groups excluding carboxylic acids is 1. The first-order valence-electron chi connectivity index (χ1n) is 4.47. The molecule has 0 aliphatic rings. The van der Waals surface area contributed by atoms with Gasteiger partial charge in [-0.2, -0.15) is 0 Å². The quantitative estimate of drug-likeness (QED) is 0.529. The molecule has 1 aromatic carbocycles. The van der Waals surface area contributed by atoms with E-state index in [4.69, 9.17) is 0 Å². The Bertz CT molecular complexity index is 364. The highest BCUT2D eigenvalue weighted by Crippen LogP contribution is 2.14. The van der Waals surface area contributed by atoms with Gasteiger partial charge >= 0.3 is 5.97 Å². The Balaban J connectivity index is 2.94. The molecular formula is C12H14O2. The topological polar surface area (TPSA) is 26.3 Å². The predicted molar refractivity (Wildman–Crippen MR) is 56.8 cm³/mol. The zero-order valence-corrected chi connectivity index (χ0v) is 8.70. The van der Waals surface area contributed by atoms with E-state index >= 15 is 0 Å². The van der Waals surface area contributed by atoms with E-state index in [1.54, 1.807) is 0 Å². The summed E-state index contributed by atoms with van der Waals surface area (Å²) in [7, 11) is 1.38. The summed E-state index contributed by atoms with van der Waals surface area (Å²) in [6.45, 7) is 3.92. The van der Waals surface area contributed by atoms with Gasteiger partial charge in [0.15, 0.2) is 0 Å². The van der Waals surface area contributed by atoms with E-state index in [1.807, 2.05) is 38.1 Å². The summed E-state index contributed by atoms with van der Waals surface area (Å²) < 4.78 is 4.56. The molecule has 0 atom stereocenters. The number of aryl methyl sites for hydroxylation is 1. The van der Waals surface area contributed by atoms with Gasteiger partial charge in [-0.3, -0.25) is 0 Å². The Morgan fingerprint density at radius 3 is 2.71 bits per heavy atom. The third-order valence-corrected chi connectivity index (χ3v) is 2.01. The Hall–Kier alpha value is -1.57. The summed E-state index contributed by atoms with van der Waals surface area (Å²) in [4.78, 5) is 11.0. The largest absolute Gasteiger partial charge is 0.466 e. The predicted octanol–water partition coefficient (Wildman–Crippen LogP) is 2.57. The minimum atomic E-state index is -0.316. The maximum absolute atomic E-state index is 11.0. The molecule has 0 N–H and O–H groups in total. The van der Waals surface area contributed by atoms with Crippen molar-refractivity contribution in [2.24, 2.45) is 0 Å². The summed E-state index contributed by atoms with van der Waals surface area (Å²) in [6, 6.07) is 8.00. The van der Waals surface area contributed by atoms with Gasteiger partial charge in [0.1, 0.15) is 0 Å². The maximum atomic E-state index is 11.0. The molecule has 0 radical (unpaired) electrons. The minimum Gasteiger partial charge on any atom is -0.466 e. The SMILES string of the molecule is COC(=O)/C=C(/C)c1cccc(C)c1. The van der Waals surface area contributed by atoms with Crippen LogP contribution in [0.15, 0.2) is 30.3 Å². The van der Waals surface area contributed by atoms with Crippen LogP contribution in [0.5, 0.6) is 0 Å². The molecule has 0 bridgehead atoms. The molecule has 0 aromatic heterocycles. The smallest absolute Gasteiger partial charge is 0.330 e. The molecule has 0 unspecified atom stereocenters. The third kappa shape index (κ3) is 2.73. The average molecular weight is 190 g/mol. The van der Waals surface area contributed by atoms with Crippen LogP contribution in [0.1, 0.15) is 18.1 Å². The summed E-state index contributed by atoms with van der Waals surface area (Å²) in [5.74, 6) is -0.316. The molecule has 0 heterocycles. The molecule has 14 heavy (non-hydrogen) atoms. The lowest BCUT2D eigenvalue weighted by Crippen LogP contribution is -1.95. The number of ether oxygens (including phenoxy) is 1. The molecule has 74 valence electrons. The summed E-state index contributed by atoms with van der Waals surface area (Å²) in [5, 5.41) is 0. The highest BCUT2D eigenvalue weighted by molar-refractivity contribution is 5.90. The summed E-state index contributed by atoms with van der Waals surface area (Å²) >= 11 is 0. The van der Waals surface area contributed by atoms with Gasteiger partial charge in [-0.25, -0.2) is 4.79 Å². The molecule has 0 amide bonds. The molecule has 0 aliphatic heterocycles. The second-order valence-corrected chi connectivity index (χ2v) is 3.22. The molecule has 0 fully saturated rings. The number of esters is 1.